The first-order chi connectivity index (χ1) is 15.5. The quantitative estimate of drug-likeness (QED) is 0.527. The van der Waals surface area contributed by atoms with Gasteiger partial charge in [-0.2, -0.15) is 0 Å². The lowest BCUT2D eigenvalue weighted by Gasteiger charge is -2.13. The molecule has 2 aromatic heterocycles. The van der Waals surface area contributed by atoms with Gasteiger partial charge in [-0.15, -0.1) is 0 Å². The topological polar surface area (TPSA) is 77.0 Å². The first-order valence-electron chi connectivity index (χ1n) is 10.7. The summed E-state index contributed by atoms with van der Waals surface area (Å²) in [4.78, 5) is 26.5. The molecule has 2 aromatic carbocycles. The molecule has 5 rings (SSSR count). The fraction of sp³-hybridized carbons (Fsp3) is 0.231. The Morgan fingerprint density at radius 1 is 1.06 bits per heavy atom. The number of nitrogens with one attached hydrogen (secondary N) is 1. The molecule has 0 spiro atoms. The molecule has 32 heavy (non-hydrogen) atoms. The van der Waals surface area contributed by atoms with Crippen LogP contribution in [0.2, 0.25) is 0 Å². The number of rotatable bonds is 4. The third-order valence-electron chi connectivity index (χ3n) is 5.73. The Morgan fingerprint density at radius 2 is 1.91 bits per heavy atom. The molecule has 0 saturated carbocycles. The molecule has 0 radical (unpaired) electrons. The second kappa shape index (κ2) is 8.04. The molecule has 1 amide bonds. The van der Waals surface area contributed by atoms with Gasteiger partial charge in [0.2, 0.25) is 0 Å². The number of carbonyl (C=O) groups is 1. The molecule has 0 bridgehead atoms. The van der Waals surface area contributed by atoms with E-state index in [2.05, 4.69) is 26.3 Å². The fourth-order valence-electron chi connectivity index (χ4n) is 4.19. The third kappa shape index (κ3) is 3.80. The van der Waals surface area contributed by atoms with Crippen molar-refractivity contribution in [2.45, 2.75) is 33.3 Å². The van der Waals surface area contributed by atoms with Crippen molar-refractivity contribution in [2.75, 3.05) is 6.54 Å². The summed E-state index contributed by atoms with van der Waals surface area (Å²) < 4.78 is 6.09. The molecule has 1 aliphatic rings. The van der Waals surface area contributed by atoms with Crippen molar-refractivity contribution in [3.63, 3.8) is 0 Å². The lowest BCUT2D eigenvalue weighted by atomic mass is 10.0. The minimum Gasteiger partial charge on any atom is -0.488 e. The number of carbonyl (C=O) groups excluding carboxylic acids is 1. The number of hydrogen-bond donors (Lipinski definition) is 1. The molecule has 1 unspecified atom stereocenters. The lowest BCUT2D eigenvalue weighted by Crippen LogP contribution is -2.34. The van der Waals surface area contributed by atoms with Gasteiger partial charge in [0, 0.05) is 29.3 Å². The molecule has 3 heterocycles. The summed E-state index contributed by atoms with van der Waals surface area (Å²) in [6, 6.07) is 15.7. The summed E-state index contributed by atoms with van der Waals surface area (Å²) in [6.45, 7) is 6.24. The van der Waals surface area contributed by atoms with Crippen molar-refractivity contribution >= 4 is 16.8 Å². The highest BCUT2D eigenvalue weighted by atomic mass is 16.5. The Hall–Kier alpha value is -3.80. The molecule has 1 atom stereocenters. The number of nitrogens with zero attached hydrogens (tertiary/aromatic N) is 3. The van der Waals surface area contributed by atoms with Crippen LogP contribution in [0, 0.1) is 20.8 Å². The van der Waals surface area contributed by atoms with E-state index in [1.807, 2.05) is 63.2 Å². The molecule has 6 nitrogen and oxygen atoms in total. The number of ether oxygens (including phenoxy) is 1. The fourth-order valence-corrected chi connectivity index (χ4v) is 4.19. The van der Waals surface area contributed by atoms with E-state index < -0.39 is 0 Å². The minimum atomic E-state index is -0.113. The molecule has 0 saturated heterocycles. The van der Waals surface area contributed by atoms with Crippen LogP contribution in [0.1, 0.15) is 33.0 Å². The molecular formula is C26H24N4O2. The van der Waals surface area contributed by atoms with Gasteiger partial charge >= 0.3 is 0 Å². The Kier molecular flexibility index (Phi) is 5.05. The first-order valence-corrected chi connectivity index (χ1v) is 10.7. The number of pyridine rings is 1. The summed E-state index contributed by atoms with van der Waals surface area (Å²) in [6.07, 6.45) is 2.41. The first kappa shape index (κ1) is 20.1. The summed E-state index contributed by atoms with van der Waals surface area (Å²) >= 11 is 0. The van der Waals surface area contributed by atoms with Gasteiger partial charge in [0.05, 0.1) is 34.7 Å². The van der Waals surface area contributed by atoms with E-state index in [-0.39, 0.29) is 12.0 Å². The smallest absolute Gasteiger partial charge is 0.252 e. The van der Waals surface area contributed by atoms with E-state index in [0.29, 0.717) is 12.1 Å². The van der Waals surface area contributed by atoms with Gasteiger partial charge < -0.3 is 10.1 Å². The van der Waals surface area contributed by atoms with Crippen molar-refractivity contribution in [3.05, 3.63) is 82.9 Å². The van der Waals surface area contributed by atoms with E-state index in [0.717, 1.165) is 57.0 Å². The van der Waals surface area contributed by atoms with Crippen LogP contribution in [-0.4, -0.2) is 33.5 Å². The Bertz CT molecular complexity index is 1350. The average Bonchev–Trinajstić information content (AvgIpc) is 3.20. The van der Waals surface area contributed by atoms with Gasteiger partial charge in [0.1, 0.15) is 11.9 Å². The maximum atomic E-state index is 12.9. The largest absolute Gasteiger partial charge is 0.488 e. The van der Waals surface area contributed by atoms with E-state index >= 15 is 0 Å². The third-order valence-corrected chi connectivity index (χ3v) is 5.73. The van der Waals surface area contributed by atoms with Crippen molar-refractivity contribution in [1.82, 2.24) is 20.3 Å². The van der Waals surface area contributed by atoms with E-state index in [1.54, 1.807) is 6.20 Å². The predicted molar refractivity (Wildman–Crippen MR) is 124 cm³/mol. The molecule has 4 aromatic rings. The monoisotopic (exact) mass is 424 g/mol. The molecular weight excluding hydrogens is 400 g/mol. The van der Waals surface area contributed by atoms with Crippen LogP contribution in [-0.2, 0) is 6.42 Å². The molecule has 6 heteroatoms. The number of benzene rings is 2. The standard InChI is InChI=1S/C26H24N4O2/c1-15-10-22(21-6-4-5-7-23(21)29-15)26(31)28-14-20-12-19-11-18(8-9-24(19)32-20)25-17(3)27-13-16(2)30-25/h4-11,13,20H,12,14H2,1-3H3,(H,28,31). The highest BCUT2D eigenvalue weighted by Gasteiger charge is 2.25. The van der Waals surface area contributed by atoms with Crippen molar-refractivity contribution in [2.24, 2.45) is 0 Å². The number of aromatic nitrogens is 3. The highest BCUT2D eigenvalue weighted by molar-refractivity contribution is 6.06. The molecule has 1 aliphatic heterocycles. The number of para-hydroxylation sites is 1. The zero-order valence-corrected chi connectivity index (χ0v) is 18.3. The summed E-state index contributed by atoms with van der Waals surface area (Å²) in [7, 11) is 0. The molecule has 1 N–H and O–H groups in total. The number of aryl methyl sites for hydroxylation is 3. The van der Waals surface area contributed by atoms with E-state index in [4.69, 9.17) is 4.74 Å². The number of hydrogen-bond acceptors (Lipinski definition) is 5. The normalized spacial score (nSPS) is 14.8. The Morgan fingerprint density at radius 3 is 2.78 bits per heavy atom. The zero-order valence-electron chi connectivity index (χ0n) is 18.3. The molecule has 0 aliphatic carbocycles. The summed E-state index contributed by atoms with van der Waals surface area (Å²) in [5.74, 6) is 0.745. The Labute approximate surface area is 186 Å². The second-order valence-corrected chi connectivity index (χ2v) is 8.25. The second-order valence-electron chi connectivity index (χ2n) is 8.25. The van der Waals surface area contributed by atoms with Crippen LogP contribution in [0.3, 0.4) is 0 Å². The Balaban J connectivity index is 1.30. The van der Waals surface area contributed by atoms with E-state index in [1.165, 1.54) is 0 Å². The molecule has 160 valence electrons. The summed E-state index contributed by atoms with van der Waals surface area (Å²) in [5.41, 5.74) is 7.12. The van der Waals surface area contributed by atoms with Crippen LogP contribution < -0.4 is 10.1 Å². The highest BCUT2D eigenvalue weighted by Crippen LogP contribution is 2.33. The number of fused-ring (bicyclic) bond motifs is 2. The van der Waals surface area contributed by atoms with Gasteiger partial charge in [-0.25, -0.2) is 4.98 Å². The van der Waals surface area contributed by atoms with Crippen LogP contribution in [0.4, 0.5) is 0 Å². The number of amides is 1. The van der Waals surface area contributed by atoms with Crippen LogP contribution in [0.5, 0.6) is 5.75 Å². The lowest BCUT2D eigenvalue weighted by molar-refractivity contribution is 0.0935. The van der Waals surface area contributed by atoms with Gasteiger partial charge in [0.25, 0.3) is 5.91 Å². The van der Waals surface area contributed by atoms with Gasteiger partial charge in [-0.05, 0) is 56.7 Å². The zero-order chi connectivity index (χ0) is 22.2. The SMILES string of the molecule is Cc1cnc(C)c(-c2ccc3c(c2)CC(CNC(=O)c2cc(C)nc4ccccc24)O3)n1. The maximum Gasteiger partial charge on any atom is 0.252 e. The van der Waals surface area contributed by atoms with Gasteiger partial charge in [-0.3, -0.25) is 14.8 Å². The maximum absolute atomic E-state index is 12.9. The minimum absolute atomic E-state index is 0.108. The van der Waals surface area contributed by atoms with Crippen LogP contribution in [0.25, 0.3) is 22.2 Å². The summed E-state index contributed by atoms with van der Waals surface area (Å²) in [5, 5.41) is 3.90. The van der Waals surface area contributed by atoms with Crippen molar-refractivity contribution in [1.29, 1.82) is 0 Å². The van der Waals surface area contributed by atoms with Crippen molar-refractivity contribution in [3.8, 4) is 17.0 Å². The van der Waals surface area contributed by atoms with Crippen molar-refractivity contribution < 1.29 is 9.53 Å². The van der Waals surface area contributed by atoms with Crippen LogP contribution in [0.15, 0.2) is 54.7 Å². The molecule has 0 fully saturated rings. The van der Waals surface area contributed by atoms with Gasteiger partial charge in [0.15, 0.2) is 0 Å². The predicted octanol–water partition coefficient (Wildman–Crippen LogP) is 4.35. The average molecular weight is 425 g/mol. The van der Waals surface area contributed by atoms with Gasteiger partial charge in [-0.1, -0.05) is 18.2 Å². The van der Waals surface area contributed by atoms with Crippen LogP contribution >= 0.6 is 0 Å². The van der Waals surface area contributed by atoms with E-state index in [9.17, 15) is 4.79 Å².